The second-order valence-corrected chi connectivity index (χ2v) is 5.61. The molecule has 0 bridgehead atoms. The van der Waals surface area contributed by atoms with Crippen LogP contribution in [-0.4, -0.2) is 26.2 Å². The number of amides is 1. The number of halogens is 1. The summed E-state index contributed by atoms with van der Waals surface area (Å²) in [5, 5.41) is 3.00. The van der Waals surface area contributed by atoms with Gasteiger partial charge in [0.2, 0.25) is 5.91 Å². The summed E-state index contributed by atoms with van der Waals surface area (Å²) in [6.45, 7) is 1.37. The first-order valence-electron chi connectivity index (χ1n) is 6.22. The third-order valence-corrected chi connectivity index (χ3v) is 3.87. The largest absolute Gasteiger partial charge is 0.385 e. The lowest BCUT2D eigenvalue weighted by atomic mass is 9.95. The second-order valence-electron chi connectivity index (χ2n) is 4.69. The standard InChI is InChI=1S/C14H18BrNO2/c1-18-9-3-8-16-13(17)14(6-7-14)11-4-2-5-12(15)10-11/h2,4-5,10H,3,6-9H2,1H3,(H,16,17). The molecule has 1 aromatic carbocycles. The van der Waals surface area contributed by atoms with Crippen LogP contribution in [0.4, 0.5) is 0 Å². The van der Waals surface area contributed by atoms with E-state index in [1.165, 1.54) is 0 Å². The Morgan fingerprint density at radius 2 is 2.28 bits per heavy atom. The van der Waals surface area contributed by atoms with Crippen molar-refractivity contribution in [3.63, 3.8) is 0 Å². The van der Waals surface area contributed by atoms with Gasteiger partial charge < -0.3 is 10.1 Å². The molecule has 0 heterocycles. The first-order chi connectivity index (χ1) is 8.69. The lowest BCUT2D eigenvalue weighted by Crippen LogP contribution is -2.35. The zero-order valence-electron chi connectivity index (χ0n) is 10.5. The molecule has 1 fully saturated rings. The van der Waals surface area contributed by atoms with Gasteiger partial charge in [-0.3, -0.25) is 4.79 Å². The first kappa shape index (κ1) is 13.6. The van der Waals surface area contributed by atoms with Crippen molar-refractivity contribution in [3.05, 3.63) is 34.3 Å². The maximum absolute atomic E-state index is 12.2. The molecule has 1 aliphatic carbocycles. The molecule has 0 saturated heterocycles. The normalized spacial score (nSPS) is 16.3. The van der Waals surface area contributed by atoms with E-state index in [-0.39, 0.29) is 11.3 Å². The summed E-state index contributed by atoms with van der Waals surface area (Å²) in [6.07, 6.45) is 2.75. The number of benzene rings is 1. The van der Waals surface area contributed by atoms with Gasteiger partial charge in [-0.1, -0.05) is 28.1 Å². The fourth-order valence-electron chi connectivity index (χ4n) is 2.15. The third kappa shape index (κ3) is 2.93. The van der Waals surface area contributed by atoms with E-state index < -0.39 is 0 Å². The van der Waals surface area contributed by atoms with Crippen LogP contribution in [0.2, 0.25) is 0 Å². The fourth-order valence-corrected chi connectivity index (χ4v) is 2.54. The van der Waals surface area contributed by atoms with E-state index in [1.54, 1.807) is 7.11 Å². The predicted molar refractivity (Wildman–Crippen MR) is 74.6 cm³/mol. The number of ether oxygens (including phenoxy) is 1. The minimum atomic E-state index is -0.281. The van der Waals surface area contributed by atoms with Crippen LogP contribution in [0, 0.1) is 0 Å². The highest BCUT2D eigenvalue weighted by Crippen LogP contribution is 2.48. The molecular formula is C14H18BrNO2. The maximum Gasteiger partial charge on any atom is 0.230 e. The van der Waals surface area contributed by atoms with Crippen LogP contribution in [0.15, 0.2) is 28.7 Å². The van der Waals surface area contributed by atoms with Crippen molar-refractivity contribution in [3.8, 4) is 0 Å². The summed E-state index contributed by atoms with van der Waals surface area (Å²) in [6, 6.07) is 8.04. The highest BCUT2D eigenvalue weighted by Gasteiger charge is 2.51. The van der Waals surface area contributed by atoms with Crippen LogP contribution >= 0.6 is 15.9 Å². The summed E-state index contributed by atoms with van der Waals surface area (Å²) < 4.78 is 5.99. The van der Waals surface area contributed by atoms with E-state index in [0.29, 0.717) is 13.2 Å². The topological polar surface area (TPSA) is 38.3 Å². The van der Waals surface area contributed by atoms with Crippen LogP contribution in [0.1, 0.15) is 24.8 Å². The molecule has 98 valence electrons. The highest BCUT2D eigenvalue weighted by atomic mass is 79.9. The maximum atomic E-state index is 12.2. The minimum Gasteiger partial charge on any atom is -0.385 e. The molecule has 2 rings (SSSR count). The van der Waals surface area contributed by atoms with Crippen molar-refractivity contribution in [2.45, 2.75) is 24.7 Å². The van der Waals surface area contributed by atoms with Gasteiger partial charge in [-0.05, 0) is 37.0 Å². The number of nitrogens with one attached hydrogen (secondary N) is 1. The van der Waals surface area contributed by atoms with E-state index in [0.717, 1.165) is 29.3 Å². The Morgan fingerprint density at radius 1 is 1.50 bits per heavy atom. The van der Waals surface area contributed by atoms with E-state index in [2.05, 4.69) is 21.2 Å². The number of carbonyl (C=O) groups is 1. The van der Waals surface area contributed by atoms with Gasteiger partial charge in [0, 0.05) is 24.7 Å². The van der Waals surface area contributed by atoms with E-state index in [9.17, 15) is 4.79 Å². The van der Waals surface area contributed by atoms with E-state index in [4.69, 9.17) is 4.74 Å². The average Bonchev–Trinajstić information content (AvgIpc) is 3.16. The lowest BCUT2D eigenvalue weighted by molar-refractivity contribution is -0.123. The Bertz CT molecular complexity index is 430. The third-order valence-electron chi connectivity index (χ3n) is 3.37. The van der Waals surface area contributed by atoms with Gasteiger partial charge in [0.25, 0.3) is 0 Å². The van der Waals surface area contributed by atoms with Crippen LogP contribution in [0.5, 0.6) is 0 Å². The van der Waals surface area contributed by atoms with Crippen LogP contribution < -0.4 is 5.32 Å². The molecular weight excluding hydrogens is 294 g/mol. The van der Waals surface area contributed by atoms with Gasteiger partial charge in [0.15, 0.2) is 0 Å². The SMILES string of the molecule is COCCCNC(=O)C1(c2cccc(Br)c2)CC1. The average molecular weight is 312 g/mol. The Balaban J connectivity index is 1.97. The number of hydrogen-bond acceptors (Lipinski definition) is 2. The number of hydrogen-bond donors (Lipinski definition) is 1. The zero-order chi connectivity index (χ0) is 13.0. The summed E-state index contributed by atoms with van der Waals surface area (Å²) >= 11 is 3.46. The van der Waals surface area contributed by atoms with Crippen molar-refractivity contribution in [1.82, 2.24) is 5.32 Å². The van der Waals surface area contributed by atoms with E-state index in [1.807, 2.05) is 24.3 Å². The molecule has 1 saturated carbocycles. The monoisotopic (exact) mass is 311 g/mol. The van der Waals surface area contributed by atoms with Crippen LogP contribution in [0.3, 0.4) is 0 Å². The fraction of sp³-hybridized carbons (Fsp3) is 0.500. The van der Waals surface area contributed by atoms with Gasteiger partial charge in [0.05, 0.1) is 5.41 Å². The number of rotatable bonds is 6. The van der Waals surface area contributed by atoms with Crippen molar-refractivity contribution >= 4 is 21.8 Å². The lowest BCUT2D eigenvalue weighted by Gasteiger charge is -2.16. The van der Waals surface area contributed by atoms with Gasteiger partial charge in [0.1, 0.15) is 0 Å². The zero-order valence-corrected chi connectivity index (χ0v) is 12.1. The van der Waals surface area contributed by atoms with Crippen LogP contribution in [-0.2, 0) is 14.9 Å². The second kappa shape index (κ2) is 5.85. The molecule has 1 aliphatic rings. The first-order valence-corrected chi connectivity index (χ1v) is 7.02. The number of carbonyl (C=O) groups excluding carboxylic acids is 1. The molecule has 0 atom stereocenters. The number of methoxy groups -OCH3 is 1. The molecule has 3 nitrogen and oxygen atoms in total. The highest BCUT2D eigenvalue weighted by molar-refractivity contribution is 9.10. The summed E-state index contributed by atoms with van der Waals surface area (Å²) in [7, 11) is 1.67. The van der Waals surface area contributed by atoms with Crippen molar-refractivity contribution in [2.75, 3.05) is 20.3 Å². The van der Waals surface area contributed by atoms with Gasteiger partial charge in [-0.15, -0.1) is 0 Å². The van der Waals surface area contributed by atoms with Crippen molar-refractivity contribution in [2.24, 2.45) is 0 Å². The minimum absolute atomic E-state index is 0.150. The Labute approximate surface area is 116 Å². The molecule has 1 aromatic rings. The molecule has 1 N–H and O–H groups in total. The molecule has 0 aromatic heterocycles. The summed E-state index contributed by atoms with van der Waals surface area (Å²) in [5.41, 5.74) is 0.831. The van der Waals surface area contributed by atoms with Gasteiger partial charge >= 0.3 is 0 Å². The molecule has 4 heteroatoms. The van der Waals surface area contributed by atoms with Gasteiger partial charge in [-0.25, -0.2) is 0 Å². The molecule has 0 aliphatic heterocycles. The van der Waals surface area contributed by atoms with E-state index >= 15 is 0 Å². The smallest absolute Gasteiger partial charge is 0.230 e. The van der Waals surface area contributed by atoms with Gasteiger partial charge in [-0.2, -0.15) is 0 Å². The van der Waals surface area contributed by atoms with Crippen molar-refractivity contribution < 1.29 is 9.53 Å². The van der Waals surface area contributed by atoms with Crippen molar-refractivity contribution in [1.29, 1.82) is 0 Å². The summed E-state index contributed by atoms with van der Waals surface area (Å²) in [5.74, 6) is 0.150. The summed E-state index contributed by atoms with van der Waals surface area (Å²) in [4.78, 5) is 12.2. The molecule has 0 radical (unpaired) electrons. The Hall–Kier alpha value is -0.870. The Kier molecular flexibility index (Phi) is 4.40. The molecule has 0 unspecified atom stereocenters. The molecule has 1 amide bonds. The quantitative estimate of drug-likeness (QED) is 0.820. The Morgan fingerprint density at radius 3 is 2.89 bits per heavy atom. The molecule has 0 spiro atoms. The predicted octanol–water partition coefficient (Wildman–Crippen LogP) is 2.63. The van der Waals surface area contributed by atoms with Crippen LogP contribution in [0.25, 0.3) is 0 Å². The molecule has 18 heavy (non-hydrogen) atoms.